The third-order valence-electron chi connectivity index (χ3n) is 4.80. The molecule has 0 radical (unpaired) electrons. The van der Waals surface area contributed by atoms with Crippen molar-refractivity contribution in [3.05, 3.63) is 59.7 Å². The number of aryl methyl sites for hydroxylation is 1. The molecule has 0 bridgehead atoms. The van der Waals surface area contributed by atoms with Crippen molar-refractivity contribution in [1.82, 2.24) is 10.6 Å². The van der Waals surface area contributed by atoms with Gasteiger partial charge in [-0.1, -0.05) is 30.3 Å². The van der Waals surface area contributed by atoms with Gasteiger partial charge in [-0.05, 0) is 37.1 Å². The fraction of sp³-hybridized carbons (Fsp3) is 0.435. The fourth-order valence-corrected chi connectivity index (χ4v) is 3.91. The van der Waals surface area contributed by atoms with E-state index in [1.165, 1.54) is 10.5 Å². The molecule has 1 saturated heterocycles. The number of nitrogens with one attached hydrogen (secondary N) is 2. The Morgan fingerprint density at radius 3 is 2.77 bits per heavy atom. The third-order valence-corrected chi connectivity index (χ3v) is 5.81. The summed E-state index contributed by atoms with van der Waals surface area (Å²) < 4.78 is 11.6. The minimum atomic E-state index is 0. The first-order valence-electron chi connectivity index (χ1n) is 10.2. The Morgan fingerprint density at radius 1 is 1.20 bits per heavy atom. The van der Waals surface area contributed by atoms with E-state index in [4.69, 9.17) is 9.47 Å². The highest BCUT2D eigenvalue weighted by Crippen LogP contribution is 2.22. The summed E-state index contributed by atoms with van der Waals surface area (Å²) >= 11 is 1.83. The summed E-state index contributed by atoms with van der Waals surface area (Å²) in [5, 5.41) is 6.78. The molecule has 164 valence electrons. The highest BCUT2D eigenvalue weighted by molar-refractivity contribution is 14.0. The van der Waals surface area contributed by atoms with Gasteiger partial charge in [-0.25, -0.2) is 0 Å². The average molecular weight is 541 g/mol. The summed E-state index contributed by atoms with van der Waals surface area (Å²) in [6, 6.07) is 16.8. The lowest BCUT2D eigenvalue weighted by Crippen LogP contribution is -2.38. The molecule has 1 fully saturated rings. The Kier molecular flexibility index (Phi) is 11.4. The van der Waals surface area contributed by atoms with E-state index in [9.17, 15) is 0 Å². The van der Waals surface area contributed by atoms with Gasteiger partial charge in [0.2, 0.25) is 0 Å². The smallest absolute Gasteiger partial charge is 0.191 e. The van der Waals surface area contributed by atoms with Crippen LogP contribution in [-0.4, -0.2) is 45.1 Å². The zero-order valence-electron chi connectivity index (χ0n) is 17.7. The number of halogens is 1. The van der Waals surface area contributed by atoms with Gasteiger partial charge in [-0.2, -0.15) is 0 Å². The first kappa shape index (κ1) is 24.8. The van der Waals surface area contributed by atoms with Gasteiger partial charge in [0.1, 0.15) is 5.75 Å². The summed E-state index contributed by atoms with van der Waals surface area (Å²) in [7, 11) is 1.80. The van der Waals surface area contributed by atoms with Crippen molar-refractivity contribution >= 4 is 41.7 Å². The molecule has 0 amide bonds. The predicted octanol–water partition coefficient (Wildman–Crippen LogP) is 4.49. The van der Waals surface area contributed by atoms with Crippen LogP contribution in [0.1, 0.15) is 17.5 Å². The maximum atomic E-state index is 6.13. The van der Waals surface area contributed by atoms with Crippen LogP contribution >= 0.6 is 35.7 Å². The first-order valence-corrected chi connectivity index (χ1v) is 11.2. The topological polar surface area (TPSA) is 54.9 Å². The normalized spacial score (nSPS) is 16.1. The second-order valence-electron chi connectivity index (χ2n) is 7.17. The zero-order valence-corrected chi connectivity index (χ0v) is 20.9. The molecule has 5 nitrogen and oxygen atoms in total. The quantitative estimate of drug-likeness (QED) is 0.161. The van der Waals surface area contributed by atoms with Gasteiger partial charge in [0.05, 0.1) is 13.2 Å². The maximum Gasteiger partial charge on any atom is 0.191 e. The van der Waals surface area contributed by atoms with Crippen LogP contribution in [0.4, 0.5) is 0 Å². The molecular formula is C23H32IN3O2S. The molecule has 1 unspecified atom stereocenters. The van der Waals surface area contributed by atoms with Crippen LogP contribution < -0.4 is 15.4 Å². The van der Waals surface area contributed by atoms with Gasteiger partial charge in [0.15, 0.2) is 5.96 Å². The van der Waals surface area contributed by atoms with Crippen LogP contribution in [0.15, 0.2) is 58.4 Å². The molecule has 3 rings (SSSR count). The summed E-state index contributed by atoms with van der Waals surface area (Å²) in [6.07, 6.45) is 1.08. The Balaban J connectivity index is 0.00000320. The van der Waals surface area contributed by atoms with Gasteiger partial charge in [0.25, 0.3) is 0 Å². The lowest BCUT2D eigenvalue weighted by Gasteiger charge is -2.17. The van der Waals surface area contributed by atoms with Gasteiger partial charge in [-0.15, -0.1) is 35.7 Å². The number of nitrogens with zero attached hydrogens (tertiary/aromatic N) is 1. The molecule has 0 aliphatic carbocycles. The van der Waals surface area contributed by atoms with Crippen molar-refractivity contribution in [2.45, 2.75) is 24.8 Å². The number of benzene rings is 2. The lowest BCUT2D eigenvalue weighted by atomic mass is 10.1. The van der Waals surface area contributed by atoms with E-state index in [1.54, 1.807) is 7.05 Å². The van der Waals surface area contributed by atoms with E-state index in [2.05, 4.69) is 65.0 Å². The van der Waals surface area contributed by atoms with E-state index in [-0.39, 0.29) is 24.0 Å². The monoisotopic (exact) mass is 541 g/mol. The second-order valence-corrected chi connectivity index (χ2v) is 8.33. The molecule has 7 heteroatoms. The number of hydrogen-bond acceptors (Lipinski definition) is 4. The molecule has 1 heterocycles. The second kappa shape index (κ2) is 13.8. The number of rotatable bonds is 9. The van der Waals surface area contributed by atoms with E-state index >= 15 is 0 Å². The van der Waals surface area contributed by atoms with Crippen LogP contribution in [0.5, 0.6) is 5.75 Å². The summed E-state index contributed by atoms with van der Waals surface area (Å²) in [4.78, 5) is 5.62. The number of hydrogen-bond donors (Lipinski definition) is 2. The van der Waals surface area contributed by atoms with Crippen molar-refractivity contribution < 1.29 is 9.47 Å². The Labute approximate surface area is 201 Å². The van der Waals surface area contributed by atoms with E-state index < -0.39 is 0 Å². The molecule has 2 N–H and O–H groups in total. The first-order chi connectivity index (χ1) is 14.2. The summed E-state index contributed by atoms with van der Waals surface area (Å²) in [6.45, 7) is 5.96. The molecule has 2 aromatic carbocycles. The van der Waals surface area contributed by atoms with E-state index in [1.807, 2.05) is 17.8 Å². The van der Waals surface area contributed by atoms with E-state index in [0.29, 0.717) is 19.1 Å². The Hall–Kier alpha value is -1.45. The van der Waals surface area contributed by atoms with Crippen molar-refractivity contribution in [1.29, 1.82) is 0 Å². The SMILES string of the molecule is CN=C(NCCSc1ccccc1)NCc1ccc(C)cc1OCC1CCOC1.I. The Morgan fingerprint density at radius 2 is 2.03 bits per heavy atom. The Bertz CT molecular complexity index is 783. The molecule has 0 saturated carbocycles. The minimum absolute atomic E-state index is 0. The number of thioether (sulfide) groups is 1. The summed E-state index contributed by atoms with van der Waals surface area (Å²) in [5.41, 5.74) is 2.34. The molecule has 1 aliphatic heterocycles. The molecule has 0 spiro atoms. The summed E-state index contributed by atoms with van der Waals surface area (Å²) in [5.74, 6) is 3.22. The standard InChI is InChI=1S/C23H31N3O2S.HI/c1-18-8-9-20(22(14-18)28-17-19-10-12-27-16-19)15-26-23(24-2)25-11-13-29-21-6-4-3-5-7-21;/h3-9,14,19H,10-13,15-17H2,1-2H3,(H2,24,25,26);1H. The molecule has 1 aliphatic rings. The van der Waals surface area contributed by atoms with Crippen LogP contribution in [0.2, 0.25) is 0 Å². The van der Waals surface area contributed by atoms with Crippen molar-refractivity contribution in [2.24, 2.45) is 10.9 Å². The van der Waals surface area contributed by atoms with Gasteiger partial charge < -0.3 is 20.1 Å². The van der Waals surface area contributed by atoms with Crippen LogP contribution in [0, 0.1) is 12.8 Å². The number of guanidine groups is 1. The third kappa shape index (κ3) is 8.35. The fourth-order valence-electron chi connectivity index (χ4n) is 3.12. The highest BCUT2D eigenvalue weighted by atomic mass is 127. The van der Waals surface area contributed by atoms with Gasteiger partial charge in [-0.3, -0.25) is 4.99 Å². The highest BCUT2D eigenvalue weighted by Gasteiger charge is 2.17. The van der Waals surface area contributed by atoms with Crippen LogP contribution in [0.3, 0.4) is 0 Å². The largest absolute Gasteiger partial charge is 0.493 e. The molecule has 0 aromatic heterocycles. The molecule has 1 atom stereocenters. The molecular weight excluding hydrogens is 509 g/mol. The zero-order chi connectivity index (χ0) is 20.3. The number of aliphatic imine (C=N–C) groups is 1. The lowest BCUT2D eigenvalue weighted by molar-refractivity contribution is 0.166. The van der Waals surface area contributed by atoms with Gasteiger partial charge >= 0.3 is 0 Å². The number of ether oxygens (including phenoxy) is 2. The average Bonchev–Trinajstić information content (AvgIpc) is 3.27. The predicted molar refractivity (Wildman–Crippen MR) is 136 cm³/mol. The van der Waals surface area contributed by atoms with Gasteiger partial charge in [0, 0.05) is 48.9 Å². The minimum Gasteiger partial charge on any atom is -0.493 e. The van der Waals surface area contributed by atoms with Crippen LogP contribution in [-0.2, 0) is 11.3 Å². The molecule has 30 heavy (non-hydrogen) atoms. The van der Waals surface area contributed by atoms with Crippen molar-refractivity contribution in [3.8, 4) is 5.75 Å². The van der Waals surface area contributed by atoms with Crippen molar-refractivity contribution in [3.63, 3.8) is 0 Å². The molecule has 2 aromatic rings. The maximum absolute atomic E-state index is 6.13. The van der Waals surface area contributed by atoms with Crippen molar-refractivity contribution in [2.75, 3.05) is 39.2 Å². The van der Waals surface area contributed by atoms with E-state index in [0.717, 1.165) is 49.2 Å². The van der Waals surface area contributed by atoms with Crippen LogP contribution in [0.25, 0.3) is 0 Å².